The van der Waals surface area contributed by atoms with E-state index in [0.29, 0.717) is 18.5 Å². The SMILES string of the molecule is CC1CCCN(c2ccc(F)cn2)C1CN. The normalized spacial score (nSPS) is 25.8. The van der Waals surface area contributed by atoms with Gasteiger partial charge in [0.2, 0.25) is 0 Å². The molecule has 0 aromatic carbocycles. The molecule has 2 N–H and O–H groups in total. The van der Waals surface area contributed by atoms with Crippen molar-refractivity contribution in [3.8, 4) is 0 Å². The van der Waals surface area contributed by atoms with E-state index in [2.05, 4.69) is 16.8 Å². The molecule has 2 rings (SSSR count). The first-order chi connectivity index (χ1) is 7.72. The molecular weight excluding hydrogens is 205 g/mol. The van der Waals surface area contributed by atoms with Crippen molar-refractivity contribution in [3.05, 3.63) is 24.1 Å². The minimum absolute atomic E-state index is 0.293. The number of anilines is 1. The Hall–Kier alpha value is -1.16. The van der Waals surface area contributed by atoms with E-state index in [1.54, 1.807) is 6.07 Å². The Balaban J connectivity index is 2.20. The van der Waals surface area contributed by atoms with Gasteiger partial charge in [0, 0.05) is 19.1 Å². The molecule has 0 radical (unpaired) electrons. The van der Waals surface area contributed by atoms with Gasteiger partial charge in [-0.2, -0.15) is 0 Å². The second-order valence-electron chi connectivity index (χ2n) is 4.45. The molecule has 1 aromatic heterocycles. The summed E-state index contributed by atoms with van der Waals surface area (Å²) < 4.78 is 12.8. The average Bonchev–Trinajstić information content (AvgIpc) is 2.30. The predicted octanol–water partition coefficient (Wildman–Crippen LogP) is 1.78. The summed E-state index contributed by atoms with van der Waals surface area (Å²) in [4.78, 5) is 6.33. The van der Waals surface area contributed by atoms with Gasteiger partial charge in [-0.1, -0.05) is 6.92 Å². The summed E-state index contributed by atoms with van der Waals surface area (Å²) in [5.41, 5.74) is 5.81. The molecule has 0 bridgehead atoms. The van der Waals surface area contributed by atoms with Crippen molar-refractivity contribution in [2.24, 2.45) is 11.7 Å². The fourth-order valence-corrected chi connectivity index (χ4v) is 2.43. The Morgan fingerprint density at radius 2 is 2.38 bits per heavy atom. The lowest BCUT2D eigenvalue weighted by Crippen LogP contribution is -2.49. The van der Waals surface area contributed by atoms with Gasteiger partial charge in [0.1, 0.15) is 11.6 Å². The van der Waals surface area contributed by atoms with E-state index < -0.39 is 0 Å². The second kappa shape index (κ2) is 4.78. The first kappa shape index (κ1) is 11.3. The van der Waals surface area contributed by atoms with Gasteiger partial charge in [0.25, 0.3) is 0 Å². The molecule has 4 heteroatoms. The number of nitrogens with two attached hydrogens (primary N) is 1. The molecule has 2 heterocycles. The summed E-state index contributed by atoms with van der Waals surface area (Å²) in [6.07, 6.45) is 3.62. The van der Waals surface area contributed by atoms with Crippen molar-refractivity contribution in [2.75, 3.05) is 18.0 Å². The second-order valence-corrected chi connectivity index (χ2v) is 4.45. The minimum Gasteiger partial charge on any atom is -0.352 e. The van der Waals surface area contributed by atoms with Crippen LogP contribution in [0.2, 0.25) is 0 Å². The van der Waals surface area contributed by atoms with Crippen LogP contribution in [0.3, 0.4) is 0 Å². The third-order valence-electron chi connectivity index (χ3n) is 3.36. The monoisotopic (exact) mass is 223 g/mol. The first-order valence-electron chi connectivity index (χ1n) is 5.80. The van der Waals surface area contributed by atoms with Gasteiger partial charge in [0.15, 0.2) is 0 Å². The van der Waals surface area contributed by atoms with Gasteiger partial charge in [0.05, 0.1) is 6.20 Å². The lowest BCUT2D eigenvalue weighted by molar-refractivity contribution is 0.348. The lowest BCUT2D eigenvalue weighted by atomic mass is 9.91. The molecule has 1 fully saturated rings. The van der Waals surface area contributed by atoms with Gasteiger partial charge in [-0.3, -0.25) is 0 Å². The molecule has 0 amide bonds. The topological polar surface area (TPSA) is 42.2 Å². The highest BCUT2D eigenvalue weighted by molar-refractivity contribution is 5.40. The van der Waals surface area contributed by atoms with Crippen molar-refractivity contribution in [2.45, 2.75) is 25.8 Å². The molecule has 1 saturated heterocycles. The summed E-state index contributed by atoms with van der Waals surface area (Å²) in [6.45, 7) is 3.80. The van der Waals surface area contributed by atoms with Crippen LogP contribution in [-0.2, 0) is 0 Å². The van der Waals surface area contributed by atoms with E-state index in [9.17, 15) is 4.39 Å². The van der Waals surface area contributed by atoms with Crippen molar-refractivity contribution in [1.82, 2.24) is 4.98 Å². The van der Waals surface area contributed by atoms with Crippen molar-refractivity contribution < 1.29 is 4.39 Å². The molecule has 88 valence electrons. The molecule has 0 aliphatic carbocycles. The highest BCUT2D eigenvalue weighted by atomic mass is 19.1. The zero-order valence-corrected chi connectivity index (χ0v) is 9.56. The third-order valence-corrected chi connectivity index (χ3v) is 3.36. The molecule has 0 saturated carbocycles. The number of piperidine rings is 1. The van der Waals surface area contributed by atoms with E-state index in [4.69, 9.17) is 5.73 Å². The van der Waals surface area contributed by atoms with Gasteiger partial charge in [-0.05, 0) is 30.9 Å². The van der Waals surface area contributed by atoms with Crippen LogP contribution < -0.4 is 10.6 Å². The number of nitrogens with zero attached hydrogens (tertiary/aromatic N) is 2. The molecule has 2 unspecified atom stereocenters. The van der Waals surface area contributed by atoms with Crippen LogP contribution in [-0.4, -0.2) is 24.1 Å². The van der Waals surface area contributed by atoms with E-state index in [-0.39, 0.29) is 5.82 Å². The Labute approximate surface area is 95.5 Å². The van der Waals surface area contributed by atoms with Gasteiger partial charge in [-0.15, -0.1) is 0 Å². The Morgan fingerprint density at radius 1 is 1.56 bits per heavy atom. The number of hydrogen-bond acceptors (Lipinski definition) is 3. The number of aromatic nitrogens is 1. The van der Waals surface area contributed by atoms with Crippen molar-refractivity contribution in [1.29, 1.82) is 0 Å². The fourth-order valence-electron chi connectivity index (χ4n) is 2.43. The smallest absolute Gasteiger partial charge is 0.141 e. The maximum atomic E-state index is 12.8. The highest BCUT2D eigenvalue weighted by Gasteiger charge is 2.28. The maximum absolute atomic E-state index is 12.8. The maximum Gasteiger partial charge on any atom is 0.141 e. The third kappa shape index (κ3) is 2.16. The van der Waals surface area contributed by atoms with Crippen LogP contribution in [0.4, 0.5) is 10.2 Å². The summed E-state index contributed by atoms with van der Waals surface area (Å²) in [5.74, 6) is 1.12. The molecule has 0 spiro atoms. The standard InChI is InChI=1S/C12H18FN3/c1-9-3-2-6-16(11(9)7-14)12-5-4-10(13)8-15-12/h4-5,8-9,11H,2-3,6-7,14H2,1H3. The molecule has 1 aliphatic heterocycles. The number of halogens is 1. The van der Waals surface area contributed by atoms with Gasteiger partial charge < -0.3 is 10.6 Å². The van der Waals surface area contributed by atoms with E-state index in [0.717, 1.165) is 18.8 Å². The summed E-state index contributed by atoms with van der Waals surface area (Å²) in [5, 5.41) is 0. The number of hydrogen-bond donors (Lipinski definition) is 1. The zero-order valence-electron chi connectivity index (χ0n) is 9.56. The van der Waals surface area contributed by atoms with E-state index in [1.165, 1.54) is 18.7 Å². The van der Waals surface area contributed by atoms with E-state index >= 15 is 0 Å². The van der Waals surface area contributed by atoms with Gasteiger partial charge in [-0.25, -0.2) is 9.37 Å². The Morgan fingerprint density at radius 3 is 3.00 bits per heavy atom. The number of rotatable bonds is 2. The largest absolute Gasteiger partial charge is 0.352 e. The van der Waals surface area contributed by atoms with Crippen LogP contribution in [0.25, 0.3) is 0 Å². The Bertz CT molecular complexity index is 339. The Kier molecular flexibility index (Phi) is 3.39. The molecule has 2 atom stereocenters. The van der Waals surface area contributed by atoms with Crippen LogP contribution in [0.5, 0.6) is 0 Å². The molecule has 1 aliphatic rings. The molecule has 1 aromatic rings. The highest BCUT2D eigenvalue weighted by Crippen LogP contribution is 2.26. The molecule has 16 heavy (non-hydrogen) atoms. The quantitative estimate of drug-likeness (QED) is 0.831. The lowest BCUT2D eigenvalue weighted by Gasteiger charge is -2.40. The van der Waals surface area contributed by atoms with E-state index in [1.807, 2.05) is 0 Å². The van der Waals surface area contributed by atoms with Crippen molar-refractivity contribution >= 4 is 5.82 Å². The fraction of sp³-hybridized carbons (Fsp3) is 0.583. The summed E-state index contributed by atoms with van der Waals surface area (Å²) >= 11 is 0. The minimum atomic E-state index is -0.293. The number of pyridine rings is 1. The predicted molar refractivity (Wildman–Crippen MR) is 62.8 cm³/mol. The van der Waals surface area contributed by atoms with Gasteiger partial charge >= 0.3 is 0 Å². The summed E-state index contributed by atoms with van der Waals surface area (Å²) in [6, 6.07) is 3.51. The van der Waals surface area contributed by atoms with Crippen LogP contribution >= 0.6 is 0 Å². The average molecular weight is 223 g/mol. The van der Waals surface area contributed by atoms with Crippen LogP contribution in [0.1, 0.15) is 19.8 Å². The molecular formula is C12H18FN3. The zero-order chi connectivity index (χ0) is 11.5. The summed E-state index contributed by atoms with van der Waals surface area (Å²) in [7, 11) is 0. The van der Waals surface area contributed by atoms with Crippen LogP contribution in [0.15, 0.2) is 18.3 Å². The van der Waals surface area contributed by atoms with Crippen LogP contribution in [0, 0.1) is 11.7 Å². The molecule has 3 nitrogen and oxygen atoms in total. The van der Waals surface area contributed by atoms with Crippen molar-refractivity contribution in [3.63, 3.8) is 0 Å². The first-order valence-corrected chi connectivity index (χ1v) is 5.80.